The first-order valence-corrected chi connectivity index (χ1v) is 8.91. The number of halogens is 1. The summed E-state index contributed by atoms with van der Waals surface area (Å²) in [4.78, 5) is 16.6. The molecular formula is C20H20ClN3O3. The number of nitrogens with zero attached hydrogens (tertiary/aromatic N) is 2. The summed E-state index contributed by atoms with van der Waals surface area (Å²) in [5.41, 5.74) is 2.91. The molecule has 3 aromatic rings. The monoisotopic (exact) mass is 385 g/mol. The number of aromatic nitrogens is 2. The second-order valence-electron chi connectivity index (χ2n) is 6.19. The average Bonchev–Trinajstić information content (AvgIpc) is 3.13. The number of benzene rings is 2. The van der Waals surface area contributed by atoms with E-state index in [1.165, 1.54) is 0 Å². The van der Waals surface area contributed by atoms with Crippen LogP contribution < -0.4 is 10.1 Å². The van der Waals surface area contributed by atoms with Gasteiger partial charge in [-0.15, -0.1) is 0 Å². The van der Waals surface area contributed by atoms with Gasteiger partial charge in [0.05, 0.1) is 6.54 Å². The summed E-state index contributed by atoms with van der Waals surface area (Å²) in [6.45, 7) is 5.79. The normalized spacial score (nSPS) is 11.9. The first-order chi connectivity index (χ1) is 12.9. The summed E-state index contributed by atoms with van der Waals surface area (Å²) in [5, 5.41) is 7.29. The molecule has 27 heavy (non-hydrogen) atoms. The van der Waals surface area contributed by atoms with Gasteiger partial charge in [-0.05, 0) is 62.2 Å². The van der Waals surface area contributed by atoms with Crippen molar-refractivity contribution < 1.29 is 14.1 Å². The molecule has 1 atom stereocenters. The van der Waals surface area contributed by atoms with Gasteiger partial charge in [-0.3, -0.25) is 4.79 Å². The lowest BCUT2D eigenvalue weighted by molar-refractivity contribution is -0.127. The van der Waals surface area contributed by atoms with Gasteiger partial charge in [-0.25, -0.2) is 0 Å². The highest BCUT2D eigenvalue weighted by molar-refractivity contribution is 6.30. The zero-order valence-corrected chi connectivity index (χ0v) is 16.1. The van der Waals surface area contributed by atoms with Gasteiger partial charge in [0.2, 0.25) is 11.7 Å². The highest BCUT2D eigenvalue weighted by Crippen LogP contribution is 2.22. The first kappa shape index (κ1) is 18.9. The van der Waals surface area contributed by atoms with Gasteiger partial charge >= 0.3 is 0 Å². The lowest BCUT2D eigenvalue weighted by Crippen LogP contribution is -2.36. The Bertz CT molecular complexity index is 938. The van der Waals surface area contributed by atoms with Crippen molar-refractivity contribution in [3.8, 4) is 17.1 Å². The Morgan fingerprint density at radius 1 is 1.22 bits per heavy atom. The topological polar surface area (TPSA) is 77.2 Å². The molecule has 1 N–H and O–H groups in total. The predicted molar refractivity (Wildman–Crippen MR) is 103 cm³/mol. The number of carbonyl (C=O) groups excluding carboxylic acids is 1. The van der Waals surface area contributed by atoms with Crippen LogP contribution in [0.15, 0.2) is 47.0 Å². The van der Waals surface area contributed by atoms with Crippen LogP contribution in [0.3, 0.4) is 0 Å². The zero-order chi connectivity index (χ0) is 19.4. The molecule has 2 aromatic carbocycles. The number of carbonyl (C=O) groups is 1. The van der Waals surface area contributed by atoms with Crippen molar-refractivity contribution in [1.82, 2.24) is 15.5 Å². The van der Waals surface area contributed by atoms with E-state index in [4.69, 9.17) is 20.9 Å². The van der Waals surface area contributed by atoms with E-state index in [0.717, 1.165) is 16.7 Å². The second-order valence-corrected chi connectivity index (χ2v) is 6.63. The number of hydrogen-bond donors (Lipinski definition) is 1. The van der Waals surface area contributed by atoms with E-state index >= 15 is 0 Å². The Hall–Kier alpha value is -2.86. The van der Waals surface area contributed by atoms with E-state index in [-0.39, 0.29) is 12.5 Å². The van der Waals surface area contributed by atoms with Crippen LogP contribution in [0.1, 0.15) is 23.9 Å². The van der Waals surface area contributed by atoms with Crippen LogP contribution in [0.5, 0.6) is 5.75 Å². The molecule has 6 nitrogen and oxygen atoms in total. The fraction of sp³-hybridized carbons (Fsp3) is 0.250. The van der Waals surface area contributed by atoms with Crippen molar-refractivity contribution in [3.05, 3.63) is 64.5 Å². The molecule has 1 heterocycles. The minimum absolute atomic E-state index is 0.125. The molecule has 0 fully saturated rings. The maximum absolute atomic E-state index is 12.3. The number of ether oxygens (including phenoxy) is 1. The molecule has 0 aliphatic carbocycles. The standard InChI is InChI=1S/C20H20ClN3O3/c1-12-5-4-6-17(13(12)2)26-14(3)20(25)22-11-18-23-19(24-27-18)15-7-9-16(21)10-8-15/h4-10,14H,11H2,1-3H3,(H,22,25). The van der Waals surface area contributed by atoms with E-state index in [2.05, 4.69) is 15.5 Å². The van der Waals surface area contributed by atoms with Gasteiger partial charge in [0, 0.05) is 10.6 Å². The molecule has 1 amide bonds. The largest absolute Gasteiger partial charge is 0.481 e. The third-order valence-electron chi connectivity index (χ3n) is 4.21. The number of nitrogens with one attached hydrogen (secondary N) is 1. The smallest absolute Gasteiger partial charge is 0.261 e. The van der Waals surface area contributed by atoms with Crippen molar-refractivity contribution >= 4 is 17.5 Å². The van der Waals surface area contributed by atoms with Crippen LogP contribution in [0.25, 0.3) is 11.4 Å². The molecule has 0 saturated heterocycles. The van der Waals surface area contributed by atoms with Crippen molar-refractivity contribution in [1.29, 1.82) is 0 Å². The first-order valence-electron chi connectivity index (χ1n) is 8.53. The Morgan fingerprint density at radius 3 is 2.70 bits per heavy atom. The summed E-state index contributed by atoms with van der Waals surface area (Å²) >= 11 is 5.87. The van der Waals surface area contributed by atoms with Crippen LogP contribution >= 0.6 is 11.6 Å². The van der Waals surface area contributed by atoms with E-state index in [1.54, 1.807) is 31.2 Å². The number of aryl methyl sites for hydroxylation is 1. The van der Waals surface area contributed by atoms with Crippen LogP contribution in [-0.2, 0) is 11.3 Å². The SMILES string of the molecule is Cc1cccc(OC(C)C(=O)NCc2nc(-c3ccc(Cl)cc3)no2)c1C. The fourth-order valence-corrected chi connectivity index (χ4v) is 2.57. The molecule has 0 aliphatic rings. The van der Waals surface area contributed by atoms with E-state index in [1.807, 2.05) is 32.0 Å². The third kappa shape index (κ3) is 4.65. The lowest BCUT2D eigenvalue weighted by atomic mass is 10.1. The Kier molecular flexibility index (Phi) is 5.76. The van der Waals surface area contributed by atoms with Gasteiger partial charge < -0.3 is 14.6 Å². The average molecular weight is 386 g/mol. The Morgan fingerprint density at radius 2 is 1.96 bits per heavy atom. The summed E-state index contributed by atoms with van der Waals surface area (Å²) < 4.78 is 11.0. The molecule has 140 valence electrons. The van der Waals surface area contributed by atoms with Gasteiger partial charge in [0.1, 0.15) is 5.75 Å². The molecule has 1 aromatic heterocycles. The van der Waals surface area contributed by atoms with Crippen molar-refractivity contribution in [3.63, 3.8) is 0 Å². The molecule has 0 spiro atoms. The van der Waals surface area contributed by atoms with E-state index in [9.17, 15) is 4.79 Å². The van der Waals surface area contributed by atoms with E-state index < -0.39 is 6.10 Å². The van der Waals surface area contributed by atoms with Crippen molar-refractivity contribution in [2.45, 2.75) is 33.4 Å². The van der Waals surface area contributed by atoms with Crippen LogP contribution in [0.4, 0.5) is 0 Å². The van der Waals surface area contributed by atoms with Gasteiger partial charge in [-0.1, -0.05) is 28.9 Å². The summed E-state index contributed by atoms with van der Waals surface area (Å²) in [6, 6.07) is 12.9. The van der Waals surface area contributed by atoms with E-state index in [0.29, 0.717) is 22.5 Å². The fourth-order valence-electron chi connectivity index (χ4n) is 2.45. The Labute approximate surface area is 162 Å². The molecule has 0 aliphatic heterocycles. The van der Waals surface area contributed by atoms with Gasteiger partial charge in [0.25, 0.3) is 5.91 Å². The van der Waals surface area contributed by atoms with Gasteiger partial charge in [0.15, 0.2) is 6.10 Å². The highest BCUT2D eigenvalue weighted by atomic mass is 35.5. The zero-order valence-electron chi connectivity index (χ0n) is 15.3. The number of amides is 1. The number of hydrogen-bond acceptors (Lipinski definition) is 5. The highest BCUT2D eigenvalue weighted by Gasteiger charge is 2.17. The molecule has 0 saturated carbocycles. The van der Waals surface area contributed by atoms with Gasteiger partial charge in [-0.2, -0.15) is 4.98 Å². The minimum atomic E-state index is -0.649. The molecule has 1 unspecified atom stereocenters. The third-order valence-corrected chi connectivity index (χ3v) is 4.46. The quantitative estimate of drug-likeness (QED) is 0.691. The Balaban J connectivity index is 1.57. The summed E-state index contributed by atoms with van der Waals surface area (Å²) in [7, 11) is 0. The van der Waals surface area contributed by atoms with Crippen LogP contribution in [0, 0.1) is 13.8 Å². The summed E-state index contributed by atoms with van der Waals surface area (Å²) in [6.07, 6.45) is -0.649. The van der Waals surface area contributed by atoms with Crippen molar-refractivity contribution in [2.75, 3.05) is 0 Å². The van der Waals surface area contributed by atoms with Crippen molar-refractivity contribution in [2.24, 2.45) is 0 Å². The summed E-state index contributed by atoms with van der Waals surface area (Å²) in [5.74, 6) is 1.19. The number of rotatable bonds is 6. The predicted octanol–water partition coefficient (Wildman–Crippen LogP) is 4.09. The molecular weight excluding hydrogens is 366 g/mol. The minimum Gasteiger partial charge on any atom is -0.481 e. The second kappa shape index (κ2) is 8.22. The molecule has 0 radical (unpaired) electrons. The maximum Gasteiger partial charge on any atom is 0.261 e. The van der Waals surface area contributed by atoms with Crippen LogP contribution in [-0.4, -0.2) is 22.2 Å². The van der Waals surface area contributed by atoms with Crippen LogP contribution in [0.2, 0.25) is 5.02 Å². The molecule has 7 heteroatoms. The maximum atomic E-state index is 12.3. The lowest BCUT2D eigenvalue weighted by Gasteiger charge is -2.16. The molecule has 0 bridgehead atoms. The molecule has 3 rings (SSSR count).